The summed E-state index contributed by atoms with van der Waals surface area (Å²) in [5.41, 5.74) is 1.97. The van der Waals surface area contributed by atoms with Gasteiger partial charge >= 0.3 is 0 Å². The Morgan fingerprint density at radius 3 is 2.19 bits per heavy atom. The number of nitrogens with zero attached hydrogens (tertiary/aromatic N) is 3. The van der Waals surface area contributed by atoms with Crippen LogP contribution in [0.3, 0.4) is 0 Å². The average molecular weight is 217 g/mol. The zero-order valence-corrected chi connectivity index (χ0v) is 10.3. The summed E-state index contributed by atoms with van der Waals surface area (Å²) >= 11 is 0. The Morgan fingerprint density at radius 1 is 1.06 bits per heavy atom. The maximum Gasteiger partial charge on any atom is 0.0991 e. The van der Waals surface area contributed by atoms with Gasteiger partial charge in [-0.3, -0.25) is 0 Å². The molecule has 1 aromatic rings. The van der Waals surface area contributed by atoms with Crippen LogP contribution < -0.4 is 0 Å². The molecular weight excluding hydrogens is 198 g/mol. The monoisotopic (exact) mass is 217 g/mol. The largest absolute Gasteiger partial charge is 0.308 e. The first-order valence-corrected chi connectivity index (χ1v) is 5.44. The summed E-state index contributed by atoms with van der Waals surface area (Å²) in [5, 5.41) is 8.69. The molecule has 86 valence electrons. The van der Waals surface area contributed by atoms with Crippen LogP contribution in [0.5, 0.6) is 0 Å². The summed E-state index contributed by atoms with van der Waals surface area (Å²) < 4.78 is 0. The zero-order chi connectivity index (χ0) is 12.0. The van der Waals surface area contributed by atoms with E-state index in [2.05, 4.69) is 37.0 Å². The van der Waals surface area contributed by atoms with Gasteiger partial charge in [0, 0.05) is 19.6 Å². The van der Waals surface area contributed by atoms with Crippen LogP contribution in [0.15, 0.2) is 24.3 Å². The van der Waals surface area contributed by atoms with Crippen molar-refractivity contribution in [3.05, 3.63) is 35.4 Å². The predicted molar refractivity (Wildman–Crippen MR) is 66.0 cm³/mol. The molecule has 16 heavy (non-hydrogen) atoms. The van der Waals surface area contributed by atoms with Crippen LogP contribution in [0.1, 0.15) is 11.1 Å². The lowest BCUT2D eigenvalue weighted by Gasteiger charge is -2.19. The van der Waals surface area contributed by atoms with Gasteiger partial charge in [0.05, 0.1) is 11.6 Å². The average Bonchev–Trinajstić information content (AvgIpc) is 2.27. The highest BCUT2D eigenvalue weighted by atomic mass is 15.1. The molecule has 0 atom stereocenters. The van der Waals surface area contributed by atoms with Crippen LogP contribution in [0.4, 0.5) is 0 Å². The van der Waals surface area contributed by atoms with Crippen LogP contribution in [-0.2, 0) is 6.54 Å². The first-order valence-electron chi connectivity index (χ1n) is 5.44. The molecule has 0 aromatic heterocycles. The van der Waals surface area contributed by atoms with E-state index in [0.717, 1.165) is 25.2 Å². The van der Waals surface area contributed by atoms with Crippen molar-refractivity contribution in [1.82, 2.24) is 9.80 Å². The number of nitriles is 1. The maximum atomic E-state index is 8.69. The lowest BCUT2D eigenvalue weighted by atomic mass is 10.1. The third-order valence-electron chi connectivity index (χ3n) is 2.46. The number of hydrogen-bond donors (Lipinski definition) is 0. The van der Waals surface area contributed by atoms with Gasteiger partial charge in [-0.15, -0.1) is 0 Å². The molecule has 3 heteroatoms. The van der Waals surface area contributed by atoms with Gasteiger partial charge in [-0.1, -0.05) is 12.1 Å². The van der Waals surface area contributed by atoms with E-state index in [-0.39, 0.29) is 0 Å². The van der Waals surface area contributed by atoms with E-state index < -0.39 is 0 Å². The third-order valence-corrected chi connectivity index (χ3v) is 2.46. The standard InChI is InChI=1S/C13H19N3/c1-15(2)8-9-16(3)11-13-6-4-12(10-14)5-7-13/h4-7H,8-9,11H2,1-3H3. The van der Waals surface area contributed by atoms with Gasteiger partial charge in [0.25, 0.3) is 0 Å². The zero-order valence-electron chi connectivity index (χ0n) is 10.3. The Morgan fingerprint density at radius 2 is 1.69 bits per heavy atom. The number of rotatable bonds is 5. The van der Waals surface area contributed by atoms with Gasteiger partial charge in [-0.2, -0.15) is 5.26 Å². The highest BCUT2D eigenvalue weighted by Crippen LogP contribution is 2.05. The van der Waals surface area contributed by atoms with E-state index in [0.29, 0.717) is 0 Å². The van der Waals surface area contributed by atoms with Crippen molar-refractivity contribution in [2.24, 2.45) is 0 Å². The highest BCUT2D eigenvalue weighted by molar-refractivity contribution is 5.31. The summed E-state index contributed by atoms with van der Waals surface area (Å²) in [5.74, 6) is 0. The van der Waals surface area contributed by atoms with Crippen molar-refractivity contribution >= 4 is 0 Å². The maximum absolute atomic E-state index is 8.69. The topological polar surface area (TPSA) is 30.3 Å². The molecule has 0 bridgehead atoms. The van der Waals surface area contributed by atoms with Crippen molar-refractivity contribution in [2.45, 2.75) is 6.54 Å². The second-order valence-corrected chi connectivity index (χ2v) is 4.35. The smallest absolute Gasteiger partial charge is 0.0991 e. The van der Waals surface area contributed by atoms with Crippen molar-refractivity contribution < 1.29 is 0 Å². The van der Waals surface area contributed by atoms with Crippen molar-refractivity contribution in [2.75, 3.05) is 34.2 Å². The van der Waals surface area contributed by atoms with Gasteiger partial charge in [-0.05, 0) is 38.8 Å². The Hall–Kier alpha value is -1.37. The molecule has 0 spiro atoms. The van der Waals surface area contributed by atoms with Gasteiger partial charge in [-0.25, -0.2) is 0 Å². The van der Waals surface area contributed by atoms with Gasteiger partial charge < -0.3 is 9.80 Å². The molecule has 0 saturated carbocycles. The molecule has 1 aromatic carbocycles. The van der Waals surface area contributed by atoms with Crippen LogP contribution in [0, 0.1) is 11.3 Å². The van der Waals surface area contributed by atoms with Gasteiger partial charge in [0.1, 0.15) is 0 Å². The summed E-state index contributed by atoms with van der Waals surface area (Å²) in [4.78, 5) is 4.46. The van der Waals surface area contributed by atoms with E-state index in [1.165, 1.54) is 5.56 Å². The fraction of sp³-hybridized carbons (Fsp3) is 0.462. The lowest BCUT2D eigenvalue weighted by Crippen LogP contribution is -2.28. The molecule has 0 saturated heterocycles. The van der Waals surface area contributed by atoms with Crippen LogP contribution in [-0.4, -0.2) is 44.0 Å². The van der Waals surface area contributed by atoms with Crippen molar-refractivity contribution in [3.8, 4) is 6.07 Å². The number of likely N-dealkylation sites (N-methyl/N-ethyl adjacent to an activating group) is 2. The first-order chi connectivity index (χ1) is 7.61. The Bertz CT molecular complexity index is 348. The SMILES string of the molecule is CN(C)CCN(C)Cc1ccc(C#N)cc1. The van der Waals surface area contributed by atoms with E-state index in [1.807, 2.05) is 24.3 Å². The highest BCUT2D eigenvalue weighted by Gasteiger charge is 2.01. The minimum Gasteiger partial charge on any atom is -0.308 e. The molecule has 0 aliphatic carbocycles. The molecule has 3 nitrogen and oxygen atoms in total. The van der Waals surface area contributed by atoms with Crippen LogP contribution >= 0.6 is 0 Å². The van der Waals surface area contributed by atoms with E-state index in [4.69, 9.17) is 5.26 Å². The van der Waals surface area contributed by atoms with Gasteiger partial charge in [0.2, 0.25) is 0 Å². The predicted octanol–water partition coefficient (Wildman–Crippen LogP) is 1.55. The molecule has 0 aliphatic heterocycles. The van der Waals surface area contributed by atoms with Crippen LogP contribution in [0.25, 0.3) is 0 Å². The fourth-order valence-electron chi connectivity index (χ4n) is 1.45. The second-order valence-electron chi connectivity index (χ2n) is 4.35. The fourth-order valence-corrected chi connectivity index (χ4v) is 1.45. The van der Waals surface area contributed by atoms with Gasteiger partial charge in [0.15, 0.2) is 0 Å². The summed E-state index contributed by atoms with van der Waals surface area (Å²) in [6.07, 6.45) is 0. The Kier molecular flexibility index (Phi) is 4.97. The molecule has 1 rings (SSSR count). The summed E-state index contributed by atoms with van der Waals surface area (Å²) in [6.45, 7) is 3.04. The van der Waals surface area contributed by atoms with Crippen molar-refractivity contribution in [3.63, 3.8) is 0 Å². The molecule has 0 heterocycles. The Labute approximate surface area is 97.9 Å². The molecule has 0 aliphatic rings. The summed E-state index contributed by atoms with van der Waals surface area (Å²) in [6, 6.07) is 9.90. The first kappa shape index (κ1) is 12.7. The van der Waals surface area contributed by atoms with E-state index in [1.54, 1.807) is 0 Å². The van der Waals surface area contributed by atoms with E-state index in [9.17, 15) is 0 Å². The minimum atomic E-state index is 0.722. The summed E-state index contributed by atoms with van der Waals surface area (Å²) in [7, 11) is 6.27. The second kappa shape index (κ2) is 6.26. The Balaban J connectivity index is 2.44. The van der Waals surface area contributed by atoms with Crippen LogP contribution in [0.2, 0.25) is 0 Å². The third kappa shape index (κ3) is 4.43. The molecule has 0 fully saturated rings. The lowest BCUT2D eigenvalue weighted by molar-refractivity contribution is 0.276. The molecular formula is C13H19N3. The van der Waals surface area contributed by atoms with Crippen molar-refractivity contribution in [1.29, 1.82) is 5.26 Å². The van der Waals surface area contributed by atoms with E-state index >= 15 is 0 Å². The molecule has 0 N–H and O–H groups in total. The number of benzene rings is 1. The molecule has 0 amide bonds. The normalized spacial score (nSPS) is 10.8. The number of hydrogen-bond acceptors (Lipinski definition) is 3. The molecule has 0 radical (unpaired) electrons. The molecule has 0 unspecified atom stereocenters. The minimum absolute atomic E-state index is 0.722. The quantitative estimate of drug-likeness (QED) is 0.749.